The number of rotatable bonds is 4. The Kier molecular flexibility index (Phi) is 6.13. The highest BCUT2D eigenvalue weighted by Gasteiger charge is 2.31. The van der Waals surface area contributed by atoms with Gasteiger partial charge in [-0.15, -0.1) is 0 Å². The zero-order valence-electron chi connectivity index (χ0n) is 18.0. The summed E-state index contributed by atoms with van der Waals surface area (Å²) in [7, 11) is 0. The summed E-state index contributed by atoms with van der Waals surface area (Å²) in [5.74, 6) is -0.327. The Bertz CT molecular complexity index is 1090. The van der Waals surface area contributed by atoms with Crippen molar-refractivity contribution >= 4 is 17.5 Å². The first-order valence-electron chi connectivity index (χ1n) is 11.3. The van der Waals surface area contributed by atoms with E-state index in [1.807, 2.05) is 6.20 Å². The van der Waals surface area contributed by atoms with Crippen molar-refractivity contribution in [1.29, 1.82) is 0 Å². The number of halogens is 2. The molecule has 32 heavy (non-hydrogen) atoms. The van der Waals surface area contributed by atoms with Gasteiger partial charge in [0.15, 0.2) is 0 Å². The third-order valence-electron chi connectivity index (χ3n) is 6.71. The molecule has 0 saturated carbocycles. The highest BCUT2D eigenvalue weighted by Crippen LogP contribution is 2.38. The van der Waals surface area contributed by atoms with Crippen LogP contribution in [0.1, 0.15) is 43.8 Å². The highest BCUT2D eigenvalue weighted by atomic mass is 35.5. The average molecular weight is 455 g/mol. The summed E-state index contributed by atoms with van der Waals surface area (Å²) in [6.45, 7) is 3.29. The zero-order valence-corrected chi connectivity index (χ0v) is 18.7. The molecule has 1 unspecified atom stereocenters. The second-order valence-corrected chi connectivity index (χ2v) is 9.07. The molecule has 3 aromatic rings. The first-order valence-corrected chi connectivity index (χ1v) is 11.7. The number of aromatic nitrogens is 3. The first-order chi connectivity index (χ1) is 15.6. The molecular weight excluding hydrogens is 427 g/mol. The minimum absolute atomic E-state index is 0.0693. The molecular formula is C24H28ClFN6. The molecule has 0 aliphatic carbocycles. The van der Waals surface area contributed by atoms with Crippen LogP contribution in [0.25, 0.3) is 22.4 Å². The SMILES string of the molecule is Nc1ncc(-c2cccc(Cl)c2F)c(-c2c[nH]c(C3CCCCN3C3CCNCC3)c2)n1. The standard InChI is InChI=1S/C24H28ClFN6/c25-19-5-3-4-17(22(19)26)18-14-30-24(27)31-23(18)15-12-20(29-13-15)21-6-1-2-11-32(21)16-7-9-28-10-8-16/h3-5,12-14,16,21,28-29H,1-2,6-11H2,(H2,27,30,31). The van der Waals surface area contributed by atoms with E-state index in [0.29, 0.717) is 28.9 Å². The van der Waals surface area contributed by atoms with Crippen molar-refractivity contribution in [2.24, 2.45) is 0 Å². The summed E-state index contributed by atoms with van der Waals surface area (Å²) < 4.78 is 14.8. The van der Waals surface area contributed by atoms with Crippen molar-refractivity contribution in [3.63, 3.8) is 0 Å². The van der Waals surface area contributed by atoms with Crippen LogP contribution in [0, 0.1) is 5.82 Å². The third-order valence-corrected chi connectivity index (χ3v) is 7.00. The molecule has 6 nitrogen and oxygen atoms in total. The molecule has 2 aromatic heterocycles. The van der Waals surface area contributed by atoms with Crippen LogP contribution in [0.5, 0.6) is 0 Å². The Balaban J connectivity index is 1.51. The molecule has 0 spiro atoms. The molecule has 4 heterocycles. The van der Waals surface area contributed by atoms with Crippen LogP contribution < -0.4 is 11.1 Å². The van der Waals surface area contributed by atoms with E-state index in [-0.39, 0.29) is 11.0 Å². The molecule has 2 saturated heterocycles. The van der Waals surface area contributed by atoms with Gasteiger partial charge in [-0.25, -0.2) is 14.4 Å². The fraction of sp³-hybridized carbons (Fsp3) is 0.417. The smallest absolute Gasteiger partial charge is 0.220 e. The number of nitrogens with zero attached hydrogens (tertiary/aromatic N) is 3. The molecule has 0 amide bonds. The maximum absolute atomic E-state index is 14.8. The molecule has 2 aliphatic rings. The summed E-state index contributed by atoms with van der Waals surface area (Å²) >= 11 is 6.03. The molecule has 0 bridgehead atoms. The Morgan fingerprint density at radius 1 is 1.12 bits per heavy atom. The van der Waals surface area contributed by atoms with Crippen molar-refractivity contribution in [3.8, 4) is 22.4 Å². The van der Waals surface area contributed by atoms with E-state index >= 15 is 0 Å². The summed E-state index contributed by atoms with van der Waals surface area (Å²) in [5.41, 5.74) is 9.50. The fourth-order valence-corrected chi connectivity index (χ4v) is 5.30. The molecule has 1 aromatic carbocycles. The average Bonchev–Trinajstić information content (AvgIpc) is 3.32. The van der Waals surface area contributed by atoms with Crippen molar-refractivity contribution in [2.75, 3.05) is 25.4 Å². The molecule has 5 rings (SSSR count). The normalized spacial score (nSPS) is 20.5. The minimum Gasteiger partial charge on any atom is -0.368 e. The van der Waals surface area contributed by atoms with Crippen molar-refractivity contribution in [1.82, 2.24) is 25.2 Å². The van der Waals surface area contributed by atoms with Crippen LogP contribution in [-0.2, 0) is 0 Å². The number of benzene rings is 1. The van der Waals surface area contributed by atoms with Gasteiger partial charge >= 0.3 is 0 Å². The number of likely N-dealkylation sites (tertiary alicyclic amines) is 1. The Morgan fingerprint density at radius 3 is 2.81 bits per heavy atom. The second kappa shape index (κ2) is 9.17. The van der Waals surface area contributed by atoms with Gasteiger partial charge in [0.1, 0.15) is 5.82 Å². The number of hydrogen-bond donors (Lipinski definition) is 3. The van der Waals surface area contributed by atoms with Crippen molar-refractivity contribution in [2.45, 2.75) is 44.2 Å². The number of nitrogens with two attached hydrogens (primary N) is 1. The topological polar surface area (TPSA) is 82.9 Å². The van der Waals surface area contributed by atoms with E-state index in [0.717, 1.165) is 31.6 Å². The predicted molar refractivity (Wildman–Crippen MR) is 126 cm³/mol. The van der Waals surface area contributed by atoms with Gasteiger partial charge in [-0.1, -0.05) is 30.2 Å². The highest BCUT2D eigenvalue weighted by molar-refractivity contribution is 6.31. The molecule has 2 fully saturated rings. The molecule has 0 radical (unpaired) electrons. The Hall–Kier alpha value is -2.48. The van der Waals surface area contributed by atoms with E-state index in [2.05, 4.69) is 31.2 Å². The lowest BCUT2D eigenvalue weighted by atomic mass is 9.93. The van der Waals surface area contributed by atoms with E-state index in [4.69, 9.17) is 17.3 Å². The number of anilines is 1. The van der Waals surface area contributed by atoms with Crippen LogP contribution in [-0.4, -0.2) is 45.5 Å². The summed E-state index contributed by atoms with van der Waals surface area (Å²) in [4.78, 5) is 14.7. The van der Waals surface area contributed by atoms with Crippen LogP contribution in [0.15, 0.2) is 36.7 Å². The first kappa shape index (κ1) is 21.4. The molecule has 4 N–H and O–H groups in total. The lowest BCUT2D eigenvalue weighted by Gasteiger charge is -2.42. The largest absolute Gasteiger partial charge is 0.368 e. The van der Waals surface area contributed by atoms with Gasteiger partial charge in [0.25, 0.3) is 0 Å². The summed E-state index contributed by atoms with van der Waals surface area (Å²) in [6, 6.07) is 8.04. The van der Waals surface area contributed by atoms with E-state index in [1.54, 1.807) is 18.3 Å². The lowest BCUT2D eigenvalue weighted by Crippen LogP contribution is -2.46. The van der Waals surface area contributed by atoms with E-state index in [9.17, 15) is 4.39 Å². The molecule has 168 valence electrons. The van der Waals surface area contributed by atoms with Gasteiger partial charge in [0.05, 0.1) is 16.8 Å². The lowest BCUT2D eigenvalue weighted by molar-refractivity contribution is 0.0740. The third kappa shape index (κ3) is 4.12. The van der Waals surface area contributed by atoms with Crippen molar-refractivity contribution in [3.05, 3.63) is 53.2 Å². The van der Waals surface area contributed by atoms with Crippen molar-refractivity contribution < 1.29 is 4.39 Å². The molecule has 1 atom stereocenters. The second-order valence-electron chi connectivity index (χ2n) is 8.67. The monoisotopic (exact) mass is 454 g/mol. The number of piperidine rings is 2. The number of nitrogen functional groups attached to an aromatic ring is 1. The molecule has 8 heteroatoms. The maximum Gasteiger partial charge on any atom is 0.220 e. The van der Waals surface area contributed by atoms with Crippen LogP contribution >= 0.6 is 11.6 Å². The summed E-state index contributed by atoms with van der Waals surface area (Å²) in [5, 5.41) is 3.54. The number of nitrogens with one attached hydrogen (secondary N) is 2. The predicted octanol–water partition coefficient (Wildman–Crippen LogP) is 4.79. The van der Waals surface area contributed by atoms with Gasteiger partial charge in [0, 0.05) is 40.8 Å². The van der Waals surface area contributed by atoms with Gasteiger partial charge in [-0.2, -0.15) is 0 Å². The molecule has 2 aliphatic heterocycles. The number of hydrogen-bond acceptors (Lipinski definition) is 5. The van der Waals surface area contributed by atoms with Crippen LogP contribution in [0.4, 0.5) is 10.3 Å². The van der Waals surface area contributed by atoms with Gasteiger partial charge < -0.3 is 16.0 Å². The Morgan fingerprint density at radius 2 is 1.97 bits per heavy atom. The number of H-pyrrole nitrogens is 1. The maximum atomic E-state index is 14.8. The van der Waals surface area contributed by atoms with Gasteiger partial charge in [-0.3, -0.25) is 4.90 Å². The van der Waals surface area contributed by atoms with E-state index in [1.165, 1.54) is 37.4 Å². The number of aromatic amines is 1. The Labute approximate surface area is 192 Å². The minimum atomic E-state index is -0.482. The quantitative estimate of drug-likeness (QED) is 0.527. The van der Waals surface area contributed by atoms with E-state index < -0.39 is 5.82 Å². The summed E-state index contributed by atoms with van der Waals surface area (Å²) in [6.07, 6.45) is 9.48. The zero-order chi connectivity index (χ0) is 22.1. The van der Waals surface area contributed by atoms with Gasteiger partial charge in [0.2, 0.25) is 5.95 Å². The van der Waals surface area contributed by atoms with Crippen LogP contribution in [0.2, 0.25) is 5.02 Å². The fourth-order valence-electron chi connectivity index (χ4n) is 5.13. The van der Waals surface area contributed by atoms with Crippen LogP contribution in [0.3, 0.4) is 0 Å². The van der Waals surface area contributed by atoms with Gasteiger partial charge in [-0.05, 0) is 57.5 Å².